The summed E-state index contributed by atoms with van der Waals surface area (Å²) in [6.07, 6.45) is -0.0503. The standard InChI is InChI=1S/C22H32N4O7/c1-13(2)10-17(22(32)33)26-21(31)16(11-14-6-4-3-5-7-14)25-18(27)12-24-20(30)15(23)8-9-19(28)29/h3-7,13,15-17H,8-12,23H2,1-2H3,(H,24,30)(H,25,27)(H,26,31)(H,28,29)(H,32,33). The van der Waals surface area contributed by atoms with Crippen molar-refractivity contribution in [3.05, 3.63) is 35.9 Å². The molecular formula is C22H32N4O7. The van der Waals surface area contributed by atoms with E-state index >= 15 is 0 Å². The maximum Gasteiger partial charge on any atom is 0.326 e. The molecule has 0 bridgehead atoms. The molecule has 0 aliphatic rings. The molecule has 0 saturated carbocycles. The average Bonchev–Trinajstić information content (AvgIpc) is 2.75. The smallest absolute Gasteiger partial charge is 0.326 e. The number of benzene rings is 1. The Labute approximate surface area is 192 Å². The highest BCUT2D eigenvalue weighted by molar-refractivity contribution is 5.92. The zero-order valence-corrected chi connectivity index (χ0v) is 18.7. The van der Waals surface area contributed by atoms with Crippen molar-refractivity contribution in [2.75, 3.05) is 6.54 Å². The topological polar surface area (TPSA) is 188 Å². The maximum atomic E-state index is 12.8. The van der Waals surface area contributed by atoms with Gasteiger partial charge in [0, 0.05) is 12.8 Å². The molecule has 3 atom stereocenters. The average molecular weight is 465 g/mol. The number of carbonyl (C=O) groups excluding carboxylic acids is 3. The predicted octanol–water partition coefficient (Wildman–Crippen LogP) is -0.362. The summed E-state index contributed by atoms with van der Waals surface area (Å²) in [7, 11) is 0. The molecule has 1 rings (SSSR count). The molecule has 0 aliphatic heterocycles. The van der Waals surface area contributed by atoms with Crippen LogP contribution in [0, 0.1) is 5.92 Å². The number of hydrogen-bond acceptors (Lipinski definition) is 6. The number of nitrogens with one attached hydrogen (secondary N) is 3. The van der Waals surface area contributed by atoms with Crippen LogP contribution in [-0.2, 0) is 30.4 Å². The summed E-state index contributed by atoms with van der Waals surface area (Å²) in [5.41, 5.74) is 6.34. The summed E-state index contributed by atoms with van der Waals surface area (Å²) in [6.45, 7) is 3.18. The molecule has 0 saturated heterocycles. The first-order valence-corrected chi connectivity index (χ1v) is 10.6. The zero-order chi connectivity index (χ0) is 25.0. The molecule has 3 unspecified atom stereocenters. The van der Waals surface area contributed by atoms with Crippen molar-refractivity contribution >= 4 is 29.7 Å². The van der Waals surface area contributed by atoms with Gasteiger partial charge in [0.05, 0.1) is 12.6 Å². The first-order chi connectivity index (χ1) is 15.5. The summed E-state index contributed by atoms with van der Waals surface area (Å²) in [6, 6.07) is 5.57. The van der Waals surface area contributed by atoms with Crippen LogP contribution in [0.25, 0.3) is 0 Å². The van der Waals surface area contributed by atoms with Gasteiger partial charge >= 0.3 is 11.9 Å². The van der Waals surface area contributed by atoms with Gasteiger partial charge in [0.1, 0.15) is 12.1 Å². The molecule has 0 heterocycles. The van der Waals surface area contributed by atoms with E-state index in [0.29, 0.717) is 0 Å². The maximum absolute atomic E-state index is 12.8. The highest BCUT2D eigenvalue weighted by atomic mass is 16.4. The first kappa shape index (κ1) is 27.6. The van der Waals surface area contributed by atoms with E-state index < -0.39 is 54.3 Å². The number of carbonyl (C=O) groups is 5. The van der Waals surface area contributed by atoms with Crippen LogP contribution in [-0.4, -0.2) is 64.5 Å². The van der Waals surface area contributed by atoms with Crippen molar-refractivity contribution in [3.63, 3.8) is 0 Å². The summed E-state index contributed by atoms with van der Waals surface area (Å²) >= 11 is 0. The Bertz CT molecular complexity index is 829. The van der Waals surface area contributed by atoms with Crippen molar-refractivity contribution in [1.29, 1.82) is 0 Å². The summed E-state index contributed by atoms with van der Waals surface area (Å²) in [4.78, 5) is 59.2. The molecule has 11 heteroatoms. The number of aliphatic carboxylic acids is 2. The van der Waals surface area contributed by atoms with Crippen LogP contribution in [0.2, 0.25) is 0 Å². The van der Waals surface area contributed by atoms with Gasteiger partial charge < -0.3 is 31.9 Å². The highest BCUT2D eigenvalue weighted by Crippen LogP contribution is 2.08. The second-order valence-corrected chi connectivity index (χ2v) is 8.10. The summed E-state index contributed by atoms with van der Waals surface area (Å²) < 4.78 is 0. The molecule has 33 heavy (non-hydrogen) atoms. The third-order valence-corrected chi connectivity index (χ3v) is 4.69. The van der Waals surface area contributed by atoms with Gasteiger partial charge in [-0.2, -0.15) is 0 Å². The number of hydrogen-bond donors (Lipinski definition) is 6. The third kappa shape index (κ3) is 11.1. The molecule has 1 aromatic rings. The lowest BCUT2D eigenvalue weighted by Gasteiger charge is -2.23. The lowest BCUT2D eigenvalue weighted by atomic mass is 10.0. The van der Waals surface area contributed by atoms with Crippen molar-refractivity contribution in [1.82, 2.24) is 16.0 Å². The van der Waals surface area contributed by atoms with Crippen molar-refractivity contribution in [2.45, 2.75) is 57.7 Å². The molecule has 3 amide bonds. The van der Waals surface area contributed by atoms with Gasteiger partial charge in [-0.15, -0.1) is 0 Å². The third-order valence-electron chi connectivity index (χ3n) is 4.69. The zero-order valence-electron chi connectivity index (χ0n) is 18.7. The monoisotopic (exact) mass is 464 g/mol. The van der Waals surface area contributed by atoms with Crippen molar-refractivity contribution < 1.29 is 34.2 Å². The van der Waals surface area contributed by atoms with E-state index in [1.165, 1.54) is 0 Å². The molecular weight excluding hydrogens is 432 g/mol. The molecule has 0 spiro atoms. The Balaban J connectivity index is 2.80. The fourth-order valence-electron chi connectivity index (χ4n) is 2.98. The number of amides is 3. The van der Waals surface area contributed by atoms with Crippen LogP contribution in [0.15, 0.2) is 30.3 Å². The van der Waals surface area contributed by atoms with Crippen molar-refractivity contribution in [3.8, 4) is 0 Å². The molecule has 0 fully saturated rings. The van der Waals surface area contributed by atoms with Gasteiger partial charge in [-0.05, 0) is 24.3 Å². The van der Waals surface area contributed by atoms with Gasteiger partial charge in [0.2, 0.25) is 17.7 Å². The fraction of sp³-hybridized carbons (Fsp3) is 0.500. The van der Waals surface area contributed by atoms with Gasteiger partial charge in [0.15, 0.2) is 0 Å². The van der Waals surface area contributed by atoms with Gasteiger partial charge in [0.25, 0.3) is 0 Å². The summed E-state index contributed by atoms with van der Waals surface area (Å²) in [5.74, 6) is -4.29. The Kier molecular flexibility index (Phi) is 11.6. The molecule has 1 aromatic carbocycles. The van der Waals surface area contributed by atoms with Crippen LogP contribution in [0.4, 0.5) is 0 Å². The minimum absolute atomic E-state index is 0.0223. The van der Waals surface area contributed by atoms with Gasteiger partial charge in [-0.25, -0.2) is 4.79 Å². The molecule has 0 aromatic heterocycles. The Morgan fingerprint density at radius 1 is 0.939 bits per heavy atom. The Hall–Kier alpha value is -3.47. The van der Waals surface area contributed by atoms with Crippen LogP contribution in [0.5, 0.6) is 0 Å². The number of carboxylic acid groups (broad SMARTS) is 2. The fourth-order valence-corrected chi connectivity index (χ4v) is 2.98. The van der Waals surface area contributed by atoms with Crippen LogP contribution >= 0.6 is 0 Å². The molecule has 0 aliphatic carbocycles. The number of carboxylic acids is 2. The Morgan fingerprint density at radius 3 is 2.12 bits per heavy atom. The van der Waals surface area contributed by atoms with Crippen LogP contribution < -0.4 is 21.7 Å². The molecule has 0 radical (unpaired) electrons. The van der Waals surface area contributed by atoms with Crippen LogP contribution in [0.3, 0.4) is 0 Å². The van der Waals surface area contributed by atoms with E-state index in [4.69, 9.17) is 10.8 Å². The van der Waals surface area contributed by atoms with Crippen molar-refractivity contribution in [2.24, 2.45) is 11.7 Å². The van der Waals surface area contributed by atoms with E-state index in [9.17, 15) is 29.1 Å². The molecule has 11 nitrogen and oxygen atoms in total. The van der Waals surface area contributed by atoms with Gasteiger partial charge in [-0.1, -0.05) is 44.2 Å². The first-order valence-electron chi connectivity index (χ1n) is 10.6. The number of nitrogens with two attached hydrogens (primary N) is 1. The quantitative estimate of drug-likeness (QED) is 0.215. The second-order valence-electron chi connectivity index (χ2n) is 8.10. The normalized spacial score (nSPS) is 13.5. The highest BCUT2D eigenvalue weighted by Gasteiger charge is 2.27. The molecule has 182 valence electrons. The number of rotatable bonds is 14. The van der Waals surface area contributed by atoms with Gasteiger partial charge in [-0.3, -0.25) is 19.2 Å². The van der Waals surface area contributed by atoms with Crippen LogP contribution in [0.1, 0.15) is 38.7 Å². The SMILES string of the molecule is CC(C)CC(NC(=O)C(Cc1ccccc1)NC(=O)CNC(=O)C(N)CCC(=O)O)C(=O)O. The Morgan fingerprint density at radius 2 is 1.58 bits per heavy atom. The second kappa shape index (κ2) is 13.8. The lowest BCUT2D eigenvalue weighted by molar-refractivity contribution is -0.142. The largest absolute Gasteiger partial charge is 0.481 e. The summed E-state index contributed by atoms with van der Waals surface area (Å²) in [5, 5.41) is 25.3. The lowest BCUT2D eigenvalue weighted by Crippen LogP contribution is -2.54. The minimum atomic E-state index is -1.18. The van der Waals surface area contributed by atoms with E-state index in [1.54, 1.807) is 30.3 Å². The minimum Gasteiger partial charge on any atom is -0.481 e. The van der Waals surface area contributed by atoms with E-state index in [-0.39, 0.29) is 31.6 Å². The van der Waals surface area contributed by atoms with E-state index in [2.05, 4.69) is 16.0 Å². The predicted molar refractivity (Wildman–Crippen MR) is 119 cm³/mol. The molecule has 7 N–H and O–H groups in total. The van der Waals surface area contributed by atoms with E-state index in [1.807, 2.05) is 13.8 Å². The van der Waals surface area contributed by atoms with E-state index in [0.717, 1.165) is 5.56 Å².